The van der Waals surface area contributed by atoms with Crippen LogP contribution in [0.15, 0.2) is 30.3 Å². The van der Waals surface area contributed by atoms with E-state index in [-0.39, 0.29) is 5.91 Å². The van der Waals surface area contributed by atoms with Crippen molar-refractivity contribution in [3.05, 3.63) is 30.3 Å². The summed E-state index contributed by atoms with van der Waals surface area (Å²) in [5.74, 6) is 0.957. The third kappa shape index (κ3) is 3.77. The second-order valence-corrected chi connectivity index (χ2v) is 4.60. The molecule has 1 aliphatic carbocycles. The zero-order valence-corrected chi connectivity index (χ0v) is 10.4. The maximum atomic E-state index is 12.0. The fourth-order valence-corrected chi connectivity index (χ4v) is 1.86. The first-order valence-corrected chi connectivity index (χ1v) is 6.36. The van der Waals surface area contributed by atoms with Gasteiger partial charge in [0.25, 0.3) is 0 Å². The standard InChI is InChI=1S/C14H20N2O/c1-2-16(11-12-8-9-12)14(17)10-15-13-6-4-3-5-7-13/h3-7,12,15H,2,8-11H2,1H3. The molecule has 3 nitrogen and oxygen atoms in total. The smallest absolute Gasteiger partial charge is 0.241 e. The molecule has 1 aliphatic rings. The second-order valence-electron chi connectivity index (χ2n) is 4.60. The normalized spacial score (nSPS) is 14.4. The minimum absolute atomic E-state index is 0.197. The zero-order valence-electron chi connectivity index (χ0n) is 10.4. The van der Waals surface area contributed by atoms with Crippen LogP contribution in [-0.4, -0.2) is 30.4 Å². The molecule has 1 fully saturated rings. The van der Waals surface area contributed by atoms with Gasteiger partial charge in [0.2, 0.25) is 5.91 Å². The summed E-state index contributed by atoms with van der Waals surface area (Å²) >= 11 is 0. The SMILES string of the molecule is CCN(CC1CC1)C(=O)CNc1ccccc1. The van der Waals surface area contributed by atoms with Crippen molar-refractivity contribution < 1.29 is 4.79 Å². The van der Waals surface area contributed by atoms with E-state index >= 15 is 0 Å². The van der Waals surface area contributed by atoms with Crippen molar-refractivity contribution >= 4 is 11.6 Å². The van der Waals surface area contributed by atoms with Crippen molar-refractivity contribution in [2.24, 2.45) is 5.92 Å². The molecule has 0 aromatic heterocycles. The Hall–Kier alpha value is -1.51. The highest BCUT2D eigenvalue weighted by molar-refractivity contribution is 5.80. The van der Waals surface area contributed by atoms with Gasteiger partial charge in [-0.3, -0.25) is 4.79 Å². The lowest BCUT2D eigenvalue weighted by molar-refractivity contribution is -0.129. The minimum Gasteiger partial charge on any atom is -0.376 e. The van der Waals surface area contributed by atoms with Crippen LogP contribution in [0.25, 0.3) is 0 Å². The lowest BCUT2D eigenvalue weighted by Gasteiger charge is -2.21. The molecule has 1 N–H and O–H groups in total. The molecular formula is C14H20N2O. The maximum Gasteiger partial charge on any atom is 0.241 e. The first kappa shape index (κ1) is 12.0. The Kier molecular flexibility index (Phi) is 4.02. The molecule has 0 spiro atoms. The summed E-state index contributed by atoms with van der Waals surface area (Å²) in [6.07, 6.45) is 2.58. The summed E-state index contributed by atoms with van der Waals surface area (Å²) < 4.78 is 0. The molecule has 0 unspecified atom stereocenters. The molecule has 1 amide bonds. The fraction of sp³-hybridized carbons (Fsp3) is 0.500. The van der Waals surface area contributed by atoms with Gasteiger partial charge in [0, 0.05) is 18.8 Å². The first-order valence-electron chi connectivity index (χ1n) is 6.36. The monoisotopic (exact) mass is 232 g/mol. The van der Waals surface area contributed by atoms with Crippen molar-refractivity contribution in [3.63, 3.8) is 0 Å². The fourth-order valence-electron chi connectivity index (χ4n) is 1.86. The number of hydrogen-bond acceptors (Lipinski definition) is 2. The van der Waals surface area contributed by atoms with Crippen LogP contribution < -0.4 is 5.32 Å². The van der Waals surface area contributed by atoms with Crippen LogP contribution in [0.4, 0.5) is 5.69 Å². The van der Waals surface area contributed by atoms with Crippen molar-refractivity contribution in [2.75, 3.05) is 25.0 Å². The van der Waals surface area contributed by atoms with Crippen molar-refractivity contribution in [1.82, 2.24) is 4.90 Å². The average molecular weight is 232 g/mol. The van der Waals surface area contributed by atoms with E-state index in [1.807, 2.05) is 42.2 Å². The van der Waals surface area contributed by atoms with E-state index in [1.165, 1.54) is 12.8 Å². The van der Waals surface area contributed by atoms with Gasteiger partial charge in [-0.15, -0.1) is 0 Å². The number of amides is 1. The molecule has 1 aromatic carbocycles. The molecule has 92 valence electrons. The van der Waals surface area contributed by atoms with Gasteiger partial charge >= 0.3 is 0 Å². The van der Waals surface area contributed by atoms with Crippen LogP contribution in [-0.2, 0) is 4.79 Å². The molecule has 0 atom stereocenters. The Bertz CT molecular complexity index is 360. The predicted molar refractivity (Wildman–Crippen MR) is 69.9 cm³/mol. The summed E-state index contributed by atoms with van der Waals surface area (Å²) in [6, 6.07) is 9.86. The van der Waals surface area contributed by atoms with Crippen molar-refractivity contribution in [2.45, 2.75) is 19.8 Å². The van der Waals surface area contributed by atoms with Crippen LogP contribution in [0.2, 0.25) is 0 Å². The molecular weight excluding hydrogens is 212 g/mol. The van der Waals surface area contributed by atoms with Crippen LogP contribution in [0.3, 0.4) is 0 Å². The average Bonchev–Trinajstić information content (AvgIpc) is 3.18. The topological polar surface area (TPSA) is 32.3 Å². The molecule has 3 heteroatoms. The number of benzene rings is 1. The van der Waals surface area contributed by atoms with E-state index in [2.05, 4.69) is 5.32 Å². The number of rotatable bonds is 6. The van der Waals surface area contributed by atoms with E-state index in [0.29, 0.717) is 6.54 Å². The Morgan fingerprint density at radius 1 is 1.35 bits per heavy atom. The van der Waals surface area contributed by atoms with E-state index in [0.717, 1.165) is 24.7 Å². The molecule has 17 heavy (non-hydrogen) atoms. The lowest BCUT2D eigenvalue weighted by Crippen LogP contribution is -2.36. The van der Waals surface area contributed by atoms with Crippen LogP contribution >= 0.6 is 0 Å². The summed E-state index contributed by atoms with van der Waals surface area (Å²) in [4.78, 5) is 13.9. The Labute approximate surface area is 103 Å². The molecule has 0 saturated heterocycles. The van der Waals surface area contributed by atoms with Gasteiger partial charge in [-0.1, -0.05) is 18.2 Å². The largest absolute Gasteiger partial charge is 0.376 e. The number of nitrogens with one attached hydrogen (secondary N) is 1. The quantitative estimate of drug-likeness (QED) is 0.816. The number of para-hydroxylation sites is 1. The molecule has 0 heterocycles. The Morgan fingerprint density at radius 3 is 2.65 bits per heavy atom. The van der Waals surface area contributed by atoms with E-state index in [9.17, 15) is 4.79 Å². The van der Waals surface area contributed by atoms with Gasteiger partial charge < -0.3 is 10.2 Å². The van der Waals surface area contributed by atoms with E-state index in [4.69, 9.17) is 0 Å². The number of carbonyl (C=O) groups is 1. The van der Waals surface area contributed by atoms with Crippen LogP contribution in [0, 0.1) is 5.92 Å². The van der Waals surface area contributed by atoms with E-state index < -0.39 is 0 Å². The maximum absolute atomic E-state index is 12.0. The number of hydrogen-bond donors (Lipinski definition) is 1. The molecule has 1 aromatic rings. The Balaban J connectivity index is 1.78. The van der Waals surface area contributed by atoms with Gasteiger partial charge in [-0.2, -0.15) is 0 Å². The molecule has 0 radical (unpaired) electrons. The highest BCUT2D eigenvalue weighted by Crippen LogP contribution is 2.29. The highest BCUT2D eigenvalue weighted by Gasteiger charge is 2.25. The molecule has 2 rings (SSSR count). The second kappa shape index (κ2) is 5.71. The highest BCUT2D eigenvalue weighted by atomic mass is 16.2. The number of anilines is 1. The minimum atomic E-state index is 0.197. The zero-order chi connectivity index (χ0) is 12.1. The summed E-state index contributed by atoms with van der Waals surface area (Å²) in [5, 5.41) is 3.16. The number of nitrogens with zero attached hydrogens (tertiary/aromatic N) is 1. The van der Waals surface area contributed by atoms with Gasteiger partial charge in [0.1, 0.15) is 0 Å². The van der Waals surface area contributed by atoms with E-state index in [1.54, 1.807) is 0 Å². The summed E-state index contributed by atoms with van der Waals surface area (Å²) in [5.41, 5.74) is 1.00. The van der Waals surface area contributed by atoms with Crippen LogP contribution in [0.5, 0.6) is 0 Å². The lowest BCUT2D eigenvalue weighted by atomic mass is 10.3. The molecule has 0 bridgehead atoms. The molecule has 1 saturated carbocycles. The van der Waals surface area contributed by atoms with Crippen molar-refractivity contribution in [3.8, 4) is 0 Å². The van der Waals surface area contributed by atoms with Gasteiger partial charge in [0.05, 0.1) is 6.54 Å². The summed E-state index contributed by atoms with van der Waals surface area (Å²) in [7, 11) is 0. The van der Waals surface area contributed by atoms with Crippen LogP contribution in [0.1, 0.15) is 19.8 Å². The predicted octanol–water partition coefficient (Wildman–Crippen LogP) is 2.36. The van der Waals surface area contributed by atoms with Gasteiger partial charge in [-0.05, 0) is 37.8 Å². The van der Waals surface area contributed by atoms with Gasteiger partial charge in [0.15, 0.2) is 0 Å². The third-order valence-electron chi connectivity index (χ3n) is 3.13. The first-order chi connectivity index (χ1) is 8.29. The number of carbonyl (C=O) groups excluding carboxylic acids is 1. The molecule has 0 aliphatic heterocycles. The number of likely N-dealkylation sites (N-methyl/N-ethyl adjacent to an activating group) is 1. The third-order valence-corrected chi connectivity index (χ3v) is 3.13. The summed E-state index contributed by atoms with van der Waals surface area (Å²) in [6.45, 7) is 4.19. The van der Waals surface area contributed by atoms with Crippen molar-refractivity contribution in [1.29, 1.82) is 0 Å². The Morgan fingerprint density at radius 2 is 2.06 bits per heavy atom. The van der Waals surface area contributed by atoms with Gasteiger partial charge in [-0.25, -0.2) is 0 Å².